The Morgan fingerprint density at radius 3 is 2.38 bits per heavy atom. The number of imide groups is 1. The Balaban J connectivity index is 1.61. The van der Waals surface area contributed by atoms with E-state index in [1.54, 1.807) is 54.7 Å². The molecule has 0 aliphatic carbocycles. The van der Waals surface area contributed by atoms with Gasteiger partial charge in [0, 0.05) is 45.0 Å². The molecular formula is C25H17Cl2F2N3O2. The van der Waals surface area contributed by atoms with Crippen LogP contribution in [0.5, 0.6) is 0 Å². The summed E-state index contributed by atoms with van der Waals surface area (Å²) in [6.07, 6.45) is 1.85. The van der Waals surface area contributed by atoms with Gasteiger partial charge in [-0.05, 0) is 42.5 Å². The minimum atomic E-state index is -2.62. The van der Waals surface area contributed by atoms with E-state index in [0.29, 0.717) is 32.2 Å². The van der Waals surface area contributed by atoms with Crippen molar-refractivity contribution < 1.29 is 18.4 Å². The van der Waals surface area contributed by atoms with Gasteiger partial charge in [-0.1, -0.05) is 53.5 Å². The average Bonchev–Trinajstić information content (AvgIpc) is 3.22. The number of fused-ring (bicyclic) bond motifs is 1. The fourth-order valence-electron chi connectivity index (χ4n) is 3.39. The van der Waals surface area contributed by atoms with Crippen molar-refractivity contribution in [1.82, 2.24) is 4.98 Å². The first-order valence-electron chi connectivity index (χ1n) is 10.1. The van der Waals surface area contributed by atoms with E-state index in [9.17, 15) is 18.4 Å². The molecule has 0 spiro atoms. The van der Waals surface area contributed by atoms with E-state index in [1.165, 1.54) is 30.3 Å². The molecule has 1 aromatic heterocycles. The maximum absolute atomic E-state index is 13.1. The highest BCUT2D eigenvalue weighted by Crippen LogP contribution is 2.31. The van der Waals surface area contributed by atoms with Crippen LogP contribution in [0.25, 0.3) is 17.0 Å². The van der Waals surface area contributed by atoms with Gasteiger partial charge in [0.2, 0.25) is 0 Å². The number of benzene rings is 3. The molecule has 2 N–H and O–H groups in total. The van der Waals surface area contributed by atoms with Crippen LogP contribution in [-0.4, -0.2) is 16.9 Å². The molecule has 34 heavy (non-hydrogen) atoms. The minimum Gasteiger partial charge on any atom is -0.360 e. The summed E-state index contributed by atoms with van der Waals surface area (Å²) in [5, 5.41) is 4.15. The summed E-state index contributed by atoms with van der Waals surface area (Å²) in [6.45, 7) is 0. The number of alkyl halides is 2. The smallest absolute Gasteiger partial charge is 0.333 e. The number of anilines is 2. The van der Waals surface area contributed by atoms with Crippen molar-refractivity contribution in [2.75, 3.05) is 10.2 Å². The molecule has 0 unspecified atom stereocenters. The second kappa shape index (κ2) is 10.1. The molecule has 5 nitrogen and oxygen atoms in total. The van der Waals surface area contributed by atoms with Gasteiger partial charge >= 0.3 is 6.03 Å². The van der Waals surface area contributed by atoms with Crippen LogP contribution in [0.15, 0.2) is 79.0 Å². The van der Waals surface area contributed by atoms with Crippen molar-refractivity contribution in [1.29, 1.82) is 0 Å². The summed E-state index contributed by atoms with van der Waals surface area (Å²) >= 11 is 12.3. The minimum absolute atomic E-state index is 0.171. The number of nitrogens with zero attached hydrogens (tertiary/aromatic N) is 1. The van der Waals surface area contributed by atoms with Gasteiger partial charge in [0.15, 0.2) is 0 Å². The molecule has 9 heteroatoms. The highest BCUT2D eigenvalue weighted by atomic mass is 35.5. The molecule has 0 aliphatic rings. The van der Waals surface area contributed by atoms with E-state index < -0.39 is 18.4 Å². The number of urea groups is 1. The Kier molecular flexibility index (Phi) is 6.95. The van der Waals surface area contributed by atoms with Crippen molar-refractivity contribution in [3.8, 4) is 0 Å². The first-order valence-corrected chi connectivity index (χ1v) is 10.8. The lowest BCUT2D eigenvalue weighted by molar-refractivity contribution is -0.113. The lowest BCUT2D eigenvalue weighted by atomic mass is 10.1. The first kappa shape index (κ1) is 23.5. The third-order valence-corrected chi connectivity index (χ3v) is 5.50. The molecular weight excluding hydrogens is 483 g/mol. The number of nitrogens with one attached hydrogen (secondary N) is 2. The predicted molar refractivity (Wildman–Crippen MR) is 132 cm³/mol. The number of halogens is 4. The molecule has 0 saturated heterocycles. The van der Waals surface area contributed by atoms with Crippen molar-refractivity contribution >= 4 is 63.5 Å². The fourth-order valence-corrected chi connectivity index (χ4v) is 3.99. The number of para-hydroxylation sites is 1. The average molecular weight is 500 g/mol. The van der Waals surface area contributed by atoms with Gasteiger partial charge in [-0.2, -0.15) is 0 Å². The summed E-state index contributed by atoms with van der Waals surface area (Å²) in [4.78, 5) is 30.1. The molecule has 4 aromatic rings. The number of H-pyrrole nitrogens is 1. The molecule has 0 radical (unpaired) electrons. The van der Waals surface area contributed by atoms with Crippen LogP contribution in [0, 0.1) is 0 Å². The maximum atomic E-state index is 13.1. The van der Waals surface area contributed by atoms with Crippen molar-refractivity contribution in [3.05, 3.63) is 100 Å². The third kappa shape index (κ3) is 5.11. The largest absolute Gasteiger partial charge is 0.360 e. The number of amides is 3. The van der Waals surface area contributed by atoms with Gasteiger partial charge in [0.25, 0.3) is 12.3 Å². The van der Waals surface area contributed by atoms with Gasteiger partial charge < -0.3 is 10.3 Å². The highest BCUT2D eigenvalue weighted by molar-refractivity contribution is 6.39. The van der Waals surface area contributed by atoms with E-state index in [1.807, 2.05) is 0 Å². The van der Waals surface area contributed by atoms with Crippen LogP contribution in [0.1, 0.15) is 17.6 Å². The van der Waals surface area contributed by atoms with Crippen LogP contribution in [0.4, 0.5) is 25.0 Å². The van der Waals surface area contributed by atoms with Crippen molar-refractivity contribution in [2.45, 2.75) is 6.43 Å². The molecule has 1 heterocycles. The molecule has 4 rings (SSSR count). The topological polar surface area (TPSA) is 65.2 Å². The maximum Gasteiger partial charge on any atom is 0.333 e. The normalized spacial score (nSPS) is 11.3. The number of hydrogen-bond donors (Lipinski definition) is 2. The van der Waals surface area contributed by atoms with Crippen LogP contribution < -0.4 is 10.2 Å². The predicted octanol–water partition coefficient (Wildman–Crippen LogP) is 7.69. The lowest BCUT2D eigenvalue weighted by Crippen LogP contribution is -2.39. The van der Waals surface area contributed by atoms with Gasteiger partial charge in [-0.3, -0.25) is 4.79 Å². The van der Waals surface area contributed by atoms with Gasteiger partial charge in [-0.25, -0.2) is 18.5 Å². The number of rotatable bonds is 5. The van der Waals surface area contributed by atoms with Gasteiger partial charge in [0.1, 0.15) is 0 Å². The number of aromatic nitrogens is 1. The Bertz CT molecular complexity index is 1370. The number of carbonyl (C=O) groups excluding carboxylic acids is 2. The fraction of sp³-hybridized carbons (Fsp3) is 0.0400. The lowest BCUT2D eigenvalue weighted by Gasteiger charge is -2.20. The van der Waals surface area contributed by atoms with Crippen LogP contribution in [-0.2, 0) is 4.79 Å². The summed E-state index contributed by atoms with van der Waals surface area (Å²) in [5.74, 6) is -0.618. The van der Waals surface area contributed by atoms with E-state index in [0.717, 1.165) is 4.90 Å². The standard InChI is InChI=1S/C25H17Cl2F2N3O2/c26-17-12-20(27)23-16(14-30-21(23)13-17)8-11-22(33)32(19-4-2-1-3-5-19)25(34)31-18-9-6-15(7-10-18)24(28)29/h1-14,24,30H,(H,31,34). The zero-order valence-electron chi connectivity index (χ0n) is 17.4. The van der Waals surface area contributed by atoms with Crippen molar-refractivity contribution in [3.63, 3.8) is 0 Å². The van der Waals surface area contributed by atoms with Gasteiger partial charge in [0.05, 0.1) is 10.7 Å². The number of aromatic amines is 1. The molecule has 0 saturated carbocycles. The monoisotopic (exact) mass is 499 g/mol. The van der Waals surface area contributed by atoms with E-state index in [-0.39, 0.29) is 11.3 Å². The third-order valence-electron chi connectivity index (χ3n) is 4.98. The summed E-state index contributed by atoms with van der Waals surface area (Å²) < 4.78 is 25.6. The van der Waals surface area contributed by atoms with E-state index in [2.05, 4.69) is 10.3 Å². The molecule has 172 valence electrons. The van der Waals surface area contributed by atoms with Crippen LogP contribution >= 0.6 is 23.2 Å². The summed E-state index contributed by atoms with van der Waals surface area (Å²) in [6, 6.07) is 16.0. The SMILES string of the molecule is O=C(C=Cc1c[nH]c2cc(Cl)cc(Cl)c12)N(C(=O)Nc1ccc(C(F)F)cc1)c1ccccc1. The molecule has 3 amide bonds. The Labute approximate surface area is 203 Å². The summed E-state index contributed by atoms with van der Waals surface area (Å²) in [7, 11) is 0. The molecule has 0 fully saturated rings. The number of hydrogen-bond acceptors (Lipinski definition) is 2. The Morgan fingerprint density at radius 2 is 1.71 bits per heavy atom. The second-order valence-electron chi connectivity index (χ2n) is 7.25. The Hall–Kier alpha value is -3.68. The molecule has 0 atom stereocenters. The second-order valence-corrected chi connectivity index (χ2v) is 8.09. The quantitative estimate of drug-likeness (QED) is 0.276. The molecule has 0 aliphatic heterocycles. The first-order chi connectivity index (χ1) is 16.3. The number of carbonyl (C=O) groups is 2. The van der Waals surface area contributed by atoms with Crippen LogP contribution in [0.3, 0.4) is 0 Å². The molecule has 3 aromatic carbocycles. The summed E-state index contributed by atoms with van der Waals surface area (Å²) in [5.41, 5.74) is 1.78. The van der Waals surface area contributed by atoms with Crippen LogP contribution in [0.2, 0.25) is 10.0 Å². The zero-order chi connectivity index (χ0) is 24.2. The van der Waals surface area contributed by atoms with Crippen molar-refractivity contribution in [2.24, 2.45) is 0 Å². The molecule has 0 bridgehead atoms. The van der Waals surface area contributed by atoms with Gasteiger partial charge in [-0.15, -0.1) is 0 Å². The highest BCUT2D eigenvalue weighted by Gasteiger charge is 2.22. The van der Waals surface area contributed by atoms with E-state index >= 15 is 0 Å². The van der Waals surface area contributed by atoms with E-state index in [4.69, 9.17) is 23.2 Å². The zero-order valence-corrected chi connectivity index (χ0v) is 18.9. The Morgan fingerprint density at radius 1 is 1.00 bits per heavy atom.